The lowest BCUT2D eigenvalue weighted by Gasteiger charge is -2.18. The second-order valence-electron chi connectivity index (χ2n) is 4.54. The Bertz CT molecular complexity index is 289. The van der Waals surface area contributed by atoms with E-state index in [2.05, 4.69) is 0 Å². The smallest absolute Gasteiger partial charge is 0.329 e. The molecule has 0 spiro atoms. The predicted octanol–water partition coefficient (Wildman–Crippen LogP) is 2.86. The molecule has 0 aromatic heterocycles. The van der Waals surface area contributed by atoms with Crippen molar-refractivity contribution in [2.45, 2.75) is 44.6 Å². The molecule has 0 aromatic carbocycles. The molecule has 0 saturated carbocycles. The van der Waals surface area contributed by atoms with Gasteiger partial charge in [0.2, 0.25) is 0 Å². The number of carboxylic acids is 1. The van der Waals surface area contributed by atoms with E-state index in [4.69, 9.17) is 9.84 Å². The van der Waals surface area contributed by atoms with Crippen molar-refractivity contribution >= 4 is 5.97 Å². The first-order valence-corrected chi connectivity index (χ1v) is 5.79. The summed E-state index contributed by atoms with van der Waals surface area (Å²) in [4.78, 5) is 10.4. The summed E-state index contributed by atoms with van der Waals surface area (Å²) >= 11 is 0. The number of carboxylic acid groups (broad SMARTS) is 1. The second kappa shape index (κ2) is 6.10. The van der Waals surface area contributed by atoms with Crippen molar-refractivity contribution in [3.05, 3.63) is 12.2 Å². The van der Waals surface area contributed by atoms with Crippen LogP contribution in [0.2, 0.25) is 0 Å². The van der Waals surface area contributed by atoms with Gasteiger partial charge in [-0.3, -0.25) is 0 Å². The molecule has 0 amide bonds. The van der Waals surface area contributed by atoms with Crippen LogP contribution >= 0.6 is 0 Å². The molecule has 1 aliphatic carbocycles. The van der Waals surface area contributed by atoms with Gasteiger partial charge in [0.1, 0.15) is 6.61 Å². The van der Waals surface area contributed by atoms with Gasteiger partial charge in [0.05, 0.1) is 6.10 Å². The third kappa shape index (κ3) is 5.77. The average Bonchev–Trinajstić information content (AvgIpc) is 2.29. The van der Waals surface area contributed by atoms with Crippen LogP contribution in [0.4, 0.5) is 8.78 Å². The minimum absolute atomic E-state index is 0.0647. The predicted molar refractivity (Wildman–Crippen MR) is 59.1 cm³/mol. The zero-order chi connectivity index (χ0) is 12.9. The van der Waals surface area contributed by atoms with Crippen LogP contribution in [-0.4, -0.2) is 29.7 Å². The first kappa shape index (κ1) is 14.1. The van der Waals surface area contributed by atoms with Gasteiger partial charge < -0.3 is 9.84 Å². The van der Waals surface area contributed by atoms with Crippen LogP contribution in [0.25, 0.3) is 0 Å². The summed E-state index contributed by atoms with van der Waals surface area (Å²) in [6, 6.07) is 0. The SMILES string of the molecule is CC1/C=C\C(F)(F)CCC(OCC(=O)O)CC1. The number of alkyl halides is 2. The molecule has 2 unspecified atom stereocenters. The summed E-state index contributed by atoms with van der Waals surface area (Å²) in [5, 5.41) is 8.49. The fourth-order valence-electron chi connectivity index (χ4n) is 1.79. The molecule has 3 nitrogen and oxygen atoms in total. The molecule has 0 aromatic rings. The highest BCUT2D eigenvalue weighted by Gasteiger charge is 2.28. The molecule has 5 heteroatoms. The van der Waals surface area contributed by atoms with E-state index in [0.717, 1.165) is 12.5 Å². The van der Waals surface area contributed by atoms with Gasteiger partial charge >= 0.3 is 5.97 Å². The van der Waals surface area contributed by atoms with Gasteiger partial charge in [0, 0.05) is 6.42 Å². The van der Waals surface area contributed by atoms with Crippen LogP contribution in [0.3, 0.4) is 0 Å². The molecule has 0 fully saturated rings. The molecule has 0 heterocycles. The van der Waals surface area contributed by atoms with Gasteiger partial charge in [-0.05, 0) is 31.3 Å². The van der Waals surface area contributed by atoms with E-state index in [-0.39, 0.29) is 24.9 Å². The Morgan fingerprint density at radius 2 is 2.18 bits per heavy atom. The maximum atomic E-state index is 13.3. The van der Waals surface area contributed by atoms with Gasteiger partial charge in [0.15, 0.2) is 0 Å². The largest absolute Gasteiger partial charge is 0.480 e. The van der Waals surface area contributed by atoms with E-state index in [0.29, 0.717) is 6.42 Å². The molecule has 1 aliphatic rings. The van der Waals surface area contributed by atoms with Gasteiger partial charge in [-0.2, -0.15) is 0 Å². The summed E-state index contributed by atoms with van der Waals surface area (Å²) in [5.41, 5.74) is 0. The van der Waals surface area contributed by atoms with Crippen molar-refractivity contribution in [1.82, 2.24) is 0 Å². The monoisotopic (exact) mass is 248 g/mol. The van der Waals surface area contributed by atoms with Crippen LogP contribution in [0.1, 0.15) is 32.6 Å². The van der Waals surface area contributed by atoms with Crippen molar-refractivity contribution in [2.75, 3.05) is 6.61 Å². The minimum Gasteiger partial charge on any atom is -0.480 e. The van der Waals surface area contributed by atoms with E-state index in [1.54, 1.807) is 0 Å². The van der Waals surface area contributed by atoms with E-state index in [1.807, 2.05) is 6.92 Å². The van der Waals surface area contributed by atoms with E-state index >= 15 is 0 Å². The van der Waals surface area contributed by atoms with E-state index in [1.165, 1.54) is 6.08 Å². The first-order valence-electron chi connectivity index (χ1n) is 5.79. The normalized spacial score (nSPS) is 31.0. The van der Waals surface area contributed by atoms with E-state index < -0.39 is 18.5 Å². The quantitative estimate of drug-likeness (QED) is 0.781. The van der Waals surface area contributed by atoms with Crippen LogP contribution in [0.5, 0.6) is 0 Å². The lowest BCUT2D eigenvalue weighted by Crippen LogP contribution is -2.21. The number of rotatable bonds is 3. The molecule has 2 atom stereocenters. The molecule has 17 heavy (non-hydrogen) atoms. The van der Waals surface area contributed by atoms with Crippen molar-refractivity contribution in [1.29, 1.82) is 0 Å². The second-order valence-corrected chi connectivity index (χ2v) is 4.54. The zero-order valence-electron chi connectivity index (χ0n) is 9.86. The molecule has 1 N–H and O–H groups in total. The third-order valence-corrected chi connectivity index (χ3v) is 2.85. The Kier molecular flexibility index (Phi) is 5.05. The highest BCUT2D eigenvalue weighted by atomic mass is 19.3. The number of allylic oxidation sites excluding steroid dienone is 2. The first-order chi connectivity index (χ1) is 7.89. The summed E-state index contributed by atoms with van der Waals surface area (Å²) in [6.07, 6.45) is 3.35. The number of aliphatic carboxylic acids is 1. The summed E-state index contributed by atoms with van der Waals surface area (Å²) in [5.74, 6) is -3.82. The Labute approximate surface area is 99.5 Å². The van der Waals surface area contributed by atoms with Gasteiger partial charge in [-0.15, -0.1) is 0 Å². The Morgan fingerprint density at radius 3 is 2.82 bits per heavy atom. The van der Waals surface area contributed by atoms with Crippen molar-refractivity contribution in [3.63, 3.8) is 0 Å². The topological polar surface area (TPSA) is 46.5 Å². The minimum atomic E-state index is -2.82. The maximum absolute atomic E-state index is 13.3. The highest BCUT2D eigenvalue weighted by Crippen LogP contribution is 2.28. The number of ether oxygens (including phenoxy) is 1. The fourth-order valence-corrected chi connectivity index (χ4v) is 1.79. The molecule has 0 bridgehead atoms. The molecular weight excluding hydrogens is 230 g/mol. The van der Waals surface area contributed by atoms with E-state index in [9.17, 15) is 13.6 Å². The van der Waals surface area contributed by atoms with Crippen molar-refractivity contribution in [3.8, 4) is 0 Å². The highest BCUT2D eigenvalue weighted by molar-refractivity contribution is 5.68. The van der Waals surface area contributed by atoms with Crippen molar-refractivity contribution < 1.29 is 23.4 Å². The van der Waals surface area contributed by atoms with Gasteiger partial charge in [0.25, 0.3) is 5.92 Å². The van der Waals surface area contributed by atoms with Crippen molar-refractivity contribution in [2.24, 2.45) is 5.92 Å². The fraction of sp³-hybridized carbons (Fsp3) is 0.750. The third-order valence-electron chi connectivity index (χ3n) is 2.85. The molecule has 0 aliphatic heterocycles. The van der Waals surface area contributed by atoms with Crippen LogP contribution < -0.4 is 0 Å². The maximum Gasteiger partial charge on any atom is 0.329 e. The number of halogens is 2. The molecule has 98 valence electrons. The van der Waals surface area contributed by atoms with Crippen LogP contribution in [-0.2, 0) is 9.53 Å². The molecular formula is C12H18F2O3. The zero-order valence-corrected chi connectivity index (χ0v) is 9.86. The lowest BCUT2D eigenvalue weighted by atomic mass is 10.0. The summed E-state index contributed by atoms with van der Waals surface area (Å²) < 4.78 is 31.7. The molecule has 0 saturated heterocycles. The van der Waals surface area contributed by atoms with Crippen LogP contribution in [0.15, 0.2) is 12.2 Å². The number of hydrogen-bond donors (Lipinski definition) is 1. The average molecular weight is 248 g/mol. The summed E-state index contributed by atoms with van der Waals surface area (Å²) in [7, 11) is 0. The summed E-state index contributed by atoms with van der Waals surface area (Å²) in [6.45, 7) is 1.45. The molecule has 1 rings (SSSR count). The lowest BCUT2D eigenvalue weighted by molar-refractivity contribution is -0.144. The molecule has 0 radical (unpaired) electrons. The van der Waals surface area contributed by atoms with Crippen LogP contribution in [0, 0.1) is 5.92 Å². The number of carbonyl (C=O) groups is 1. The van der Waals surface area contributed by atoms with Gasteiger partial charge in [-0.1, -0.05) is 13.0 Å². The Morgan fingerprint density at radius 1 is 1.47 bits per heavy atom. The van der Waals surface area contributed by atoms with Gasteiger partial charge in [-0.25, -0.2) is 13.6 Å². The Hall–Kier alpha value is -0.970. The standard InChI is InChI=1S/C12H18F2O3/c1-9-2-3-10(17-8-11(15)16)5-7-12(13,14)6-4-9/h4,6,9-10H,2-3,5,7-8H2,1H3,(H,15,16)/b6-4-. The number of hydrogen-bond acceptors (Lipinski definition) is 2. The Balaban J connectivity index is 2.55.